The van der Waals surface area contributed by atoms with Crippen molar-refractivity contribution in [2.75, 3.05) is 0 Å². The molecule has 0 bridgehead atoms. The van der Waals surface area contributed by atoms with Gasteiger partial charge in [0.05, 0.1) is 11.6 Å². The molecule has 2 rings (SSSR count). The first kappa shape index (κ1) is 23.8. The van der Waals surface area contributed by atoms with Gasteiger partial charge in [0, 0.05) is 17.7 Å². The summed E-state index contributed by atoms with van der Waals surface area (Å²) in [5.74, 6) is -1.69. The van der Waals surface area contributed by atoms with Crippen LogP contribution in [0.3, 0.4) is 0 Å². The molecule has 9 heteroatoms. The number of esters is 1. The Hall–Kier alpha value is -3.51. The Balaban J connectivity index is 2.77. The minimum Gasteiger partial charge on any atom is -0.442 e. The van der Waals surface area contributed by atoms with Crippen LogP contribution in [0.1, 0.15) is 66.4 Å². The van der Waals surface area contributed by atoms with Crippen LogP contribution in [0.2, 0.25) is 0 Å². The minimum absolute atomic E-state index is 0.0308. The monoisotopic (exact) mass is 426 g/mol. The molecule has 0 fully saturated rings. The standard InChI is InChI=1S/C22H26N4O5/c1-6-25-18(19(27)16-8-13(4)7-15(9-16)10-23)17(12(2)3)20(28)26(22(25)30)11-31-21(29)14(5)24/h7-9,12,14H,6,11,24H2,1-5H3/t14-/m0/s1. The van der Waals surface area contributed by atoms with E-state index in [2.05, 4.69) is 0 Å². The maximum absolute atomic E-state index is 13.4. The van der Waals surface area contributed by atoms with Crippen molar-refractivity contribution in [3.05, 3.63) is 67.0 Å². The first-order valence-corrected chi connectivity index (χ1v) is 9.89. The number of ether oxygens (including phenoxy) is 1. The number of ketones is 1. The Bertz CT molecular complexity index is 1180. The van der Waals surface area contributed by atoms with Crippen LogP contribution < -0.4 is 17.0 Å². The van der Waals surface area contributed by atoms with Crippen molar-refractivity contribution in [2.24, 2.45) is 5.73 Å². The van der Waals surface area contributed by atoms with Crippen LogP contribution in [0.25, 0.3) is 0 Å². The number of nitrogens with zero attached hydrogens (tertiary/aromatic N) is 3. The Morgan fingerprint density at radius 2 is 1.81 bits per heavy atom. The fourth-order valence-electron chi connectivity index (χ4n) is 3.27. The fourth-order valence-corrected chi connectivity index (χ4v) is 3.27. The summed E-state index contributed by atoms with van der Waals surface area (Å²) in [4.78, 5) is 51.3. The van der Waals surface area contributed by atoms with E-state index in [1.54, 1.807) is 39.8 Å². The second-order valence-corrected chi connectivity index (χ2v) is 7.59. The number of hydrogen-bond donors (Lipinski definition) is 1. The smallest absolute Gasteiger partial charge is 0.334 e. The van der Waals surface area contributed by atoms with Crippen molar-refractivity contribution in [3.63, 3.8) is 0 Å². The Kier molecular flexibility index (Phi) is 7.31. The third-order valence-electron chi connectivity index (χ3n) is 4.75. The fraction of sp³-hybridized carbons (Fsp3) is 0.409. The van der Waals surface area contributed by atoms with Crippen molar-refractivity contribution in [1.29, 1.82) is 5.26 Å². The van der Waals surface area contributed by atoms with Crippen LogP contribution in [0.4, 0.5) is 0 Å². The quantitative estimate of drug-likeness (QED) is 0.522. The van der Waals surface area contributed by atoms with Gasteiger partial charge < -0.3 is 10.5 Å². The SMILES string of the molecule is CCn1c(C(=O)c2cc(C)cc(C#N)c2)c(C(C)C)c(=O)n(COC(=O)[C@H](C)N)c1=O. The summed E-state index contributed by atoms with van der Waals surface area (Å²) < 4.78 is 6.95. The topological polar surface area (TPSA) is 137 Å². The van der Waals surface area contributed by atoms with E-state index in [1.807, 2.05) is 6.07 Å². The Morgan fingerprint density at radius 3 is 2.32 bits per heavy atom. The van der Waals surface area contributed by atoms with Crippen molar-refractivity contribution in [2.45, 2.75) is 59.9 Å². The number of aryl methyl sites for hydroxylation is 1. The van der Waals surface area contributed by atoms with E-state index >= 15 is 0 Å². The molecule has 2 aromatic rings. The minimum atomic E-state index is -0.912. The number of nitrogens with two attached hydrogens (primary N) is 1. The predicted molar refractivity (Wildman–Crippen MR) is 114 cm³/mol. The number of nitriles is 1. The van der Waals surface area contributed by atoms with Gasteiger partial charge in [0.15, 0.2) is 6.73 Å². The summed E-state index contributed by atoms with van der Waals surface area (Å²) in [6.07, 6.45) is 0. The Labute approximate surface area is 179 Å². The molecule has 1 heterocycles. The van der Waals surface area contributed by atoms with Crippen molar-refractivity contribution in [1.82, 2.24) is 9.13 Å². The summed E-state index contributed by atoms with van der Waals surface area (Å²) >= 11 is 0. The van der Waals surface area contributed by atoms with Crippen LogP contribution in [-0.2, 0) is 22.8 Å². The van der Waals surface area contributed by atoms with Gasteiger partial charge in [0.1, 0.15) is 11.7 Å². The lowest BCUT2D eigenvalue weighted by Crippen LogP contribution is -2.46. The van der Waals surface area contributed by atoms with Crippen molar-refractivity contribution >= 4 is 11.8 Å². The van der Waals surface area contributed by atoms with Gasteiger partial charge in [0.25, 0.3) is 5.56 Å². The molecule has 164 valence electrons. The lowest BCUT2D eigenvalue weighted by Gasteiger charge is -2.20. The van der Waals surface area contributed by atoms with Crippen LogP contribution in [0.15, 0.2) is 27.8 Å². The van der Waals surface area contributed by atoms with E-state index in [1.165, 1.54) is 17.6 Å². The van der Waals surface area contributed by atoms with E-state index in [0.717, 1.165) is 4.57 Å². The molecule has 1 aromatic heterocycles. The van der Waals surface area contributed by atoms with E-state index in [9.17, 15) is 24.4 Å². The summed E-state index contributed by atoms with van der Waals surface area (Å²) in [5.41, 5.74) is 5.29. The molecule has 0 spiro atoms. The number of aromatic nitrogens is 2. The molecular formula is C22H26N4O5. The number of carbonyl (C=O) groups excluding carboxylic acids is 2. The maximum Gasteiger partial charge on any atom is 0.334 e. The van der Waals surface area contributed by atoms with E-state index < -0.39 is 41.7 Å². The molecule has 0 unspecified atom stereocenters. The summed E-state index contributed by atoms with van der Waals surface area (Å²) in [5, 5.41) is 9.23. The molecule has 1 aromatic carbocycles. The lowest BCUT2D eigenvalue weighted by molar-refractivity contribution is -0.148. The van der Waals surface area contributed by atoms with Crippen LogP contribution >= 0.6 is 0 Å². The zero-order valence-corrected chi connectivity index (χ0v) is 18.3. The van der Waals surface area contributed by atoms with E-state index in [4.69, 9.17) is 10.5 Å². The predicted octanol–water partition coefficient (Wildman–Crippen LogP) is 1.41. The van der Waals surface area contributed by atoms with Crippen LogP contribution in [0, 0.1) is 18.3 Å². The molecule has 1 atom stereocenters. The summed E-state index contributed by atoms with van der Waals surface area (Å²) in [6, 6.07) is 5.76. The molecule has 0 aliphatic carbocycles. The molecule has 0 saturated carbocycles. The van der Waals surface area contributed by atoms with E-state index in [-0.39, 0.29) is 23.4 Å². The molecular weight excluding hydrogens is 400 g/mol. The highest BCUT2D eigenvalue weighted by Gasteiger charge is 2.27. The Morgan fingerprint density at radius 1 is 1.16 bits per heavy atom. The summed E-state index contributed by atoms with van der Waals surface area (Å²) in [6.45, 7) is 7.81. The molecule has 0 radical (unpaired) electrons. The number of benzene rings is 1. The zero-order valence-electron chi connectivity index (χ0n) is 18.3. The average Bonchev–Trinajstić information content (AvgIpc) is 2.71. The average molecular weight is 426 g/mol. The number of carbonyl (C=O) groups is 2. The molecule has 9 nitrogen and oxygen atoms in total. The second-order valence-electron chi connectivity index (χ2n) is 7.59. The van der Waals surface area contributed by atoms with Gasteiger partial charge >= 0.3 is 11.7 Å². The molecule has 0 aliphatic heterocycles. The van der Waals surface area contributed by atoms with Crippen molar-refractivity contribution < 1.29 is 14.3 Å². The lowest BCUT2D eigenvalue weighted by atomic mass is 9.95. The molecule has 2 N–H and O–H groups in total. The molecule has 0 aliphatic rings. The van der Waals surface area contributed by atoms with Crippen molar-refractivity contribution in [3.8, 4) is 6.07 Å². The van der Waals surface area contributed by atoms with E-state index in [0.29, 0.717) is 11.1 Å². The van der Waals surface area contributed by atoms with Gasteiger partial charge in [-0.1, -0.05) is 13.8 Å². The third kappa shape index (κ3) is 4.81. The van der Waals surface area contributed by atoms with Gasteiger partial charge in [-0.15, -0.1) is 0 Å². The largest absolute Gasteiger partial charge is 0.442 e. The first-order valence-electron chi connectivity index (χ1n) is 9.89. The molecule has 0 amide bonds. The first-order chi connectivity index (χ1) is 14.5. The molecule has 31 heavy (non-hydrogen) atoms. The highest BCUT2D eigenvalue weighted by atomic mass is 16.5. The zero-order chi connectivity index (χ0) is 23.5. The normalized spacial score (nSPS) is 11.8. The van der Waals surface area contributed by atoms with Gasteiger partial charge in [0.2, 0.25) is 5.78 Å². The second kappa shape index (κ2) is 9.53. The number of rotatable bonds is 7. The molecule has 0 saturated heterocycles. The van der Waals surface area contributed by atoms with Gasteiger partial charge in [-0.05, 0) is 50.5 Å². The van der Waals surface area contributed by atoms with Gasteiger partial charge in [-0.3, -0.25) is 19.0 Å². The van der Waals surface area contributed by atoms with Gasteiger partial charge in [-0.2, -0.15) is 5.26 Å². The highest BCUT2D eigenvalue weighted by molar-refractivity contribution is 6.09. The highest BCUT2D eigenvalue weighted by Crippen LogP contribution is 2.20. The number of hydrogen-bond acceptors (Lipinski definition) is 7. The van der Waals surface area contributed by atoms with Gasteiger partial charge in [-0.25, -0.2) is 9.36 Å². The third-order valence-corrected chi connectivity index (χ3v) is 4.75. The van der Waals surface area contributed by atoms with Crippen LogP contribution in [-0.4, -0.2) is 26.9 Å². The maximum atomic E-state index is 13.4. The van der Waals surface area contributed by atoms with Crippen LogP contribution in [0.5, 0.6) is 0 Å². The summed E-state index contributed by atoms with van der Waals surface area (Å²) in [7, 11) is 0.